The molecule has 0 spiro atoms. The van der Waals surface area contributed by atoms with E-state index >= 15 is 0 Å². The van der Waals surface area contributed by atoms with Gasteiger partial charge in [-0.3, -0.25) is 4.79 Å². The molecule has 0 aliphatic rings. The lowest BCUT2D eigenvalue weighted by Crippen LogP contribution is -2.28. The Bertz CT molecular complexity index is 1230. The molecule has 0 unspecified atom stereocenters. The molecule has 8 nitrogen and oxygen atoms in total. The van der Waals surface area contributed by atoms with Gasteiger partial charge in [-0.25, -0.2) is 4.79 Å². The van der Waals surface area contributed by atoms with Crippen molar-refractivity contribution in [1.82, 2.24) is 9.78 Å². The van der Waals surface area contributed by atoms with Gasteiger partial charge in [-0.1, -0.05) is 24.3 Å². The molecule has 1 N–H and O–H groups in total. The maximum atomic E-state index is 12.9. The quantitative estimate of drug-likeness (QED) is 0.658. The van der Waals surface area contributed by atoms with Gasteiger partial charge in [0.2, 0.25) is 0 Å². The molecule has 0 atom stereocenters. The van der Waals surface area contributed by atoms with Crippen molar-refractivity contribution in [1.29, 1.82) is 5.26 Å². The van der Waals surface area contributed by atoms with Gasteiger partial charge in [0.15, 0.2) is 5.69 Å². The summed E-state index contributed by atoms with van der Waals surface area (Å²) in [7, 11) is 5.35. The van der Waals surface area contributed by atoms with Crippen LogP contribution in [0.25, 0.3) is 17.8 Å². The predicted molar refractivity (Wildman–Crippen MR) is 118 cm³/mol. The number of rotatable bonds is 6. The molecule has 2 aromatic carbocycles. The monoisotopic (exact) mass is 416 g/mol. The second-order valence-corrected chi connectivity index (χ2v) is 6.79. The molecule has 31 heavy (non-hydrogen) atoms. The molecule has 1 heterocycles. The highest BCUT2D eigenvalue weighted by molar-refractivity contribution is 5.92. The minimum Gasteiger partial charge on any atom is -0.497 e. The lowest BCUT2D eigenvalue weighted by atomic mass is 10.1. The van der Waals surface area contributed by atoms with E-state index in [9.17, 15) is 20.0 Å². The largest absolute Gasteiger partial charge is 0.497 e. The van der Waals surface area contributed by atoms with Crippen molar-refractivity contribution in [3.8, 4) is 17.5 Å². The van der Waals surface area contributed by atoms with Crippen LogP contribution in [0.3, 0.4) is 0 Å². The zero-order chi connectivity index (χ0) is 22.5. The SMILES string of the molecule is COc1ccc(-n2nc(C(=O)O)c(/C=C\c3ccc(N(C)C)cc3)c(C#N)c2=O)cc1. The van der Waals surface area contributed by atoms with E-state index in [4.69, 9.17) is 4.74 Å². The van der Waals surface area contributed by atoms with Gasteiger partial charge in [0.05, 0.1) is 12.8 Å². The Hall–Kier alpha value is -4.38. The Morgan fingerprint density at radius 3 is 2.29 bits per heavy atom. The van der Waals surface area contributed by atoms with Crippen molar-refractivity contribution in [2.45, 2.75) is 0 Å². The van der Waals surface area contributed by atoms with Gasteiger partial charge in [0, 0.05) is 25.3 Å². The first-order valence-corrected chi connectivity index (χ1v) is 9.26. The third-order valence-electron chi connectivity index (χ3n) is 4.61. The van der Waals surface area contributed by atoms with E-state index in [1.54, 1.807) is 30.3 Å². The Kier molecular flexibility index (Phi) is 6.17. The molecule has 0 aliphatic heterocycles. The lowest BCUT2D eigenvalue weighted by Gasteiger charge is -2.12. The van der Waals surface area contributed by atoms with Crippen LogP contribution in [0.4, 0.5) is 5.69 Å². The Balaban J connectivity index is 2.11. The van der Waals surface area contributed by atoms with E-state index in [1.807, 2.05) is 49.3 Å². The van der Waals surface area contributed by atoms with Crippen molar-refractivity contribution < 1.29 is 14.6 Å². The molecule has 1 aromatic heterocycles. The number of carbonyl (C=O) groups is 1. The third kappa shape index (κ3) is 4.46. The summed E-state index contributed by atoms with van der Waals surface area (Å²) in [5, 5.41) is 23.3. The van der Waals surface area contributed by atoms with Gasteiger partial charge in [-0.15, -0.1) is 0 Å². The number of nitriles is 1. The lowest BCUT2D eigenvalue weighted by molar-refractivity contribution is 0.0688. The van der Waals surface area contributed by atoms with Crippen LogP contribution in [0, 0.1) is 11.3 Å². The Morgan fingerprint density at radius 1 is 1.13 bits per heavy atom. The van der Waals surface area contributed by atoms with Crippen molar-refractivity contribution in [3.05, 3.63) is 81.3 Å². The van der Waals surface area contributed by atoms with E-state index < -0.39 is 17.2 Å². The van der Waals surface area contributed by atoms with Gasteiger partial charge in [0.25, 0.3) is 5.56 Å². The summed E-state index contributed by atoms with van der Waals surface area (Å²) in [5.74, 6) is -0.781. The minimum atomic E-state index is -1.35. The minimum absolute atomic E-state index is 0.0403. The maximum absolute atomic E-state index is 12.9. The smallest absolute Gasteiger partial charge is 0.357 e. The summed E-state index contributed by atoms with van der Waals surface area (Å²) in [6.45, 7) is 0. The first kappa shape index (κ1) is 21.3. The van der Waals surface area contributed by atoms with Crippen molar-refractivity contribution >= 4 is 23.8 Å². The van der Waals surface area contributed by atoms with Crippen molar-refractivity contribution in [3.63, 3.8) is 0 Å². The van der Waals surface area contributed by atoms with Crippen molar-refractivity contribution in [2.75, 3.05) is 26.1 Å². The highest BCUT2D eigenvalue weighted by Crippen LogP contribution is 2.19. The Labute approximate surface area is 178 Å². The standard InChI is InChI=1S/C23H20N4O4/c1-26(2)16-7-4-15(5-8-16)6-13-19-20(14-24)22(28)27(25-21(19)23(29)30)17-9-11-18(31-3)12-10-17/h4-13H,1-3H3,(H,29,30)/b13-6-. The van der Waals surface area contributed by atoms with Gasteiger partial charge in [-0.2, -0.15) is 15.0 Å². The number of hydrogen-bond acceptors (Lipinski definition) is 6. The van der Waals surface area contributed by atoms with Crippen LogP contribution < -0.4 is 15.2 Å². The van der Waals surface area contributed by atoms with E-state index in [2.05, 4.69) is 5.10 Å². The van der Waals surface area contributed by atoms with Gasteiger partial charge in [-0.05, 0) is 42.0 Å². The van der Waals surface area contributed by atoms with E-state index in [0.717, 1.165) is 15.9 Å². The third-order valence-corrected chi connectivity index (χ3v) is 4.61. The predicted octanol–water partition coefficient (Wildman–Crippen LogP) is 3.05. The molecule has 0 radical (unpaired) electrons. The zero-order valence-corrected chi connectivity index (χ0v) is 17.2. The first-order chi connectivity index (χ1) is 14.8. The van der Waals surface area contributed by atoms with Crippen LogP contribution >= 0.6 is 0 Å². The van der Waals surface area contributed by atoms with Crippen LogP contribution in [-0.2, 0) is 0 Å². The number of carboxylic acid groups (broad SMARTS) is 1. The topological polar surface area (TPSA) is 108 Å². The number of aromatic nitrogens is 2. The summed E-state index contributed by atoms with van der Waals surface area (Å²) in [5.41, 5.74) is 0.661. The number of benzene rings is 2. The number of methoxy groups -OCH3 is 1. The maximum Gasteiger partial charge on any atom is 0.357 e. The fourth-order valence-corrected chi connectivity index (χ4v) is 2.93. The van der Waals surface area contributed by atoms with Crippen LogP contribution in [0.15, 0.2) is 53.3 Å². The average Bonchev–Trinajstić information content (AvgIpc) is 2.77. The molecule has 0 saturated carbocycles. The molecule has 0 aliphatic carbocycles. The van der Waals surface area contributed by atoms with Gasteiger partial charge >= 0.3 is 5.97 Å². The molecule has 3 rings (SSSR count). The molecule has 0 bridgehead atoms. The fraction of sp³-hybridized carbons (Fsp3) is 0.130. The number of anilines is 1. The normalized spacial score (nSPS) is 10.6. The van der Waals surface area contributed by atoms with Gasteiger partial charge in [0.1, 0.15) is 17.4 Å². The second-order valence-electron chi connectivity index (χ2n) is 6.79. The van der Waals surface area contributed by atoms with Gasteiger partial charge < -0.3 is 14.7 Å². The van der Waals surface area contributed by atoms with Crippen LogP contribution in [0.2, 0.25) is 0 Å². The molecule has 0 amide bonds. The summed E-state index contributed by atoms with van der Waals surface area (Å²) < 4.78 is 6.00. The van der Waals surface area contributed by atoms with Crippen LogP contribution in [0.5, 0.6) is 5.75 Å². The summed E-state index contributed by atoms with van der Waals surface area (Å²) in [4.78, 5) is 26.7. The second kappa shape index (κ2) is 8.97. The number of hydrogen-bond donors (Lipinski definition) is 1. The summed E-state index contributed by atoms with van der Waals surface area (Å²) in [6, 6.07) is 15.7. The summed E-state index contributed by atoms with van der Waals surface area (Å²) >= 11 is 0. The highest BCUT2D eigenvalue weighted by atomic mass is 16.5. The number of ether oxygens (including phenoxy) is 1. The average molecular weight is 416 g/mol. The molecular formula is C23H20N4O4. The van der Waals surface area contributed by atoms with E-state index in [1.165, 1.54) is 13.2 Å². The Morgan fingerprint density at radius 2 is 1.77 bits per heavy atom. The number of nitrogens with zero attached hydrogens (tertiary/aromatic N) is 4. The number of carboxylic acids is 1. The molecule has 156 valence electrons. The van der Waals surface area contributed by atoms with Crippen molar-refractivity contribution in [2.24, 2.45) is 0 Å². The zero-order valence-electron chi connectivity index (χ0n) is 17.2. The van der Waals surface area contributed by atoms with E-state index in [0.29, 0.717) is 11.4 Å². The molecule has 8 heteroatoms. The highest BCUT2D eigenvalue weighted by Gasteiger charge is 2.21. The number of aromatic carboxylic acids is 1. The molecule has 0 fully saturated rings. The first-order valence-electron chi connectivity index (χ1n) is 9.26. The van der Waals surface area contributed by atoms with E-state index in [-0.39, 0.29) is 11.1 Å². The van der Waals surface area contributed by atoms with Crippen LogP contribution in [0.1, 0.15) is 27.2 Å². The fourth-order valence-electron chi connectivity index (χ4n) is 2.93. The molecule has 3 aromatic rings. The summed E-state index contributed by atoms with van der Waals surface area (Å²) in [6.07, 6.45) is 3.07. The molecular weight excluding hydrogens is 396 g/mol. The molecule has 0 saturated heterocycles. The van der Waals surface area contributed by atoms with Crippen LogP contribution in [-0.4, -0.2) is 42.1 Å².